The van der Waals surface area contributed by atoms with Gasteiger partial charge in [-0.15, -0.1) is 0 Å². The van der Waals surface area contributed by atoms with Crippen molar-refractivity contribution in [2.75, 3.05) is 0 Å². The van der Waals surface area contributed by atoms with Gasteiger partial charge in [-0.05, 0) is 35.9 Å². The van der Waals surface area contributed by atoms with Gasteiger partial charge in [-0.2, -0.15) is 0 Å². The number of aryl methyl sites for hydroxylation is 1. The van der Waals surface area contributed by atoms with Crippen molar-refractivity contribution in [1.82, 2.24) is 9.88 Å². The van der Waals surface area contributed by atoms with Crippen LogP contribution in [-0.2, 0) is 20.1 Å². The summed E-state index contributed by atoms with van der Waals surface area (Å²) in [5.74, 6) is 0. The van der Waals surface area contributed by atoms with E-state index in [4.69, 9.17) is 5.73 Å². The lowest BCUT2D eigenvalue weighted by Crippen LogP contribution is -2.34. The predicted octanol–water partition coefficient (Wildman–Crippen LogP) is 2.28. The van der Waals surface area contributed by atoms with Crippen LogP contribution in [0.25, 0.3) is 10.9 Å². The van der Waals surface area contributed by atoms with Gasteiger partial charge >= 0.3 is 0 Å². The second-order valence-electron chi connectivity index (χ2n) is 5.30. The number of nitrogens with two attached hydrogens (primary N) is 1. The van der Waals surface area contributed by atoms with E-state index in [2.05, 4.69) is 41.2 Å². The lowest BCUT2D eigenvalue weighted by Gasteiger charge is -2.26. The van der Waals surface area contributed by atoms with Crippen LogP contribution in [0.5, 0.6) is 0 Å². The van der Waals surface area contributed by atoms with Gasteiger partial charge in [0.25, 0.3) is 0 Å². The van der Waals surface area contributed by atoms with Gasteiger partial charge in [-0.25, -0.2) is 0 Å². The largest absolute Gasteiger partial charge is 0.346 e. The maximum Gasteiger partial charge on any atom is 0.0483 e. The Balaban J connectivity index is 1.85. The number of aromatic nitrogens is 1. The van der Waals surface area contributed by atoms with Crippen LogP contribution in [-0.4, -0.2) is 10.6 Å². The molecule has 0 radical (unpaired) electrons. The number of fused-ring (bicyclic) bond motifs is 1. The summed E-state index contributed by atoms with van der Waals surface area (Å²) in [6.07, 6.45) is 4.05. The summed E-state index contributed by atoms with van der Waals surface area (Å²) in [7, 11) is 2.14. The van der Waals surface area contributed by atoms with E-state index < -0.39 is 0 Å². The third-order valence-electron chi connectivity index (χ3n) is 4.12. The second kappa shape index (κ2) is 4.75. The molecule has 3 nitrogen and oxygen atoms in total. The van der Waals surface area contributed by atoms with Crippen LogP contribution in [0.15, 0.2) is 24.3 Å². The van der Waals surface area contributed by atoms with Crippen LogP contribution in [0.2, 0.25) is 0 Å². The summed E-state index contributed by atoms with van der Waals surface area (Å²) in [6.45, 7) is 1.57. The molecule has 96 valence electrons. The average molecular weight is 243 g/mol. The highest BCUT2D eigenvalue weighted by Crippen LogP contribution is 2.22. The summed E-state index contributed by atoms with van der Waals surface area (Å²) in [4.78, 5) is 0. The maximum absolute atomic E-state index is 5.70. The molecule has 0 atom stereocenters. The summed E-state index contributed by atoms with van der Waals surface area (Å²) < 4.78 is 2.28. The smallest absolute Gasteiger partial charge is 0.0483 e. The van der Waals surface area contributed by atoms with Crippen molar-refractivity contribution in [3.8, 4) is 0 Å². The fraction of sp³-hybridized carbons (Fsp3) is 0.467. The minimum absolute atomic E-state index is 0.608. The molecule has 0 amide bonds. The maximum atomic E-state index is 5.70. The number of nitrogens with one attached hydrogen (secondary N) is 1. The topological polar surface area (TPSA) is 43.0 Å². The van der Waals surface area contributed by atoms with E-state index in [1.54, 1.807) is 0 Å². The first kappa shape index (κ1) is 11.8. The summed E-state index contributed by atoms with van der Waals surface area (Å²) >= 11 is 0. The lowest BCUT2D eigenvalue weighted by atomic mass is 9.93. The SMILES string of the molecule is Cn1c(CNC2CCC2)cc2ccc(CN)cc21. The molecule has 2 aromatic rings. The zero-order valence-electron chi connectivity index (χ0n) is 10.9. The van der Waals surface area contributed by atoms with Crippen molar-refractivity contribution >= 4 is 10.9 Å². The molecule has 0 unspecified atom stereocenters. The molecule has 18 heavy (non-hydrogen) atoms. The highest BCUT2D eigenvalue weighted by molar-refractivity contribution is 5.82. The van der Waals surface area contributed by atoms with Gasteiger partial charge in [0.1, 0.15) is 0 Å². The minimum Gasteiger partial charge on any atom is -0.346 e. The van der Waals surface area contributed by atoms with Crippen molar-refractivity contribution < 1.29 is 0 Å². The van der Waals surface area contributed by atoms with Gasteiger partial charge in [-0.3, -0.25) is 0 Å². The van der Waals surface area contributed by atoms with Gasteiger partial charge in [-0.1, -0.05) is 18.6 Å². The fourth-order valence-electron chi connectivity index (χ4n) is 2.59. The average Bonchev–Trinajstić information content (AvgIpc) is 2.64. The minimum atomic E-state index is 0.608. The van der Waals surface area contributed by atoms with Gasteiger partial charge < -0.3 is 15.6 Å². The van der Waals surface area contributed by atoms with Crippen molar-refractivity contribution in [1.29, 1.82) is 0 Å². The van der Waals surface area contributed by atoms with Crippen LogP contribution in [0, 0.1) is 0 Å². The molecule has 0 bridgehead atoms. The molecule has 3 heteroatoms. The van der Waals surface area contributed by atoms with E-state index in [9.17, 15) is 0 Å². The molecule has 3 rings (SSSR count). The zero-order chi connectivity index (χ0) is 12.5. The van der Waals surface area contributed by atoms with Crippen LogP contribution >= 0.6 is 0 Å². The van der Waals surface area contributed by atoms with Crippen LogP contribution in [0.3, 0.4) is 0 Å². The van der Waals surface area contributed by atoms with Gasteiger partial charge in [0, 0.05) is 37.4 Å². The van der Waals surface area contributed by atoms with E-state index in [0.717, 1.165) is 12.6 Å². The van der Waals surface area contributed by atoms with Crippen molar-refractivity contribution in [2.24, 2.45) is 12.8 Å². The highest BCUT2D eigenvalue weighted by Gasteiger charge is 2.17. The van der Waals surface area contributed by atoms with Gasteiger partial charge in [0.15, 0.2) is 0 Å². The van der Waals surface area contributed by atoms with Crippen molar-refractivity contribution in [2.45, 2.75) is 38.4 Å². The predicted molar refractivity (Wildman–Crippen MR) is 75.3 cm³/mol. The Morgan fingerprint density at radius 2 is 2.17 bits per heavy atom. The van der Waals surface area contributed by atoms with Gasteiger partial charge in [0.05, 0.1) is 0 Å². The Labute approximate surface area is 108 Å². The molecule has 0 aliphatic heterocycles. The normalized spacial score (nSPS) is 16.1. The first-order valence-electron chi connectivity index (χ1n) is 6.78. The standard InChI is InChI=1S/C15H21N3/c1-18-14(10-17-13-3-2-4-13)8-12-6-5-11(9-16)7-15(12)18/h5-8,13,17H,2-4,9-10,16H2,1H3. The van der Waals surface area contributed by atoms with Gasteiger partial charge in [0.2, 0.25) is 0 Å². The van der Waals surface area contributed by atoms with Crippen LogP contribution < -0.4 is 11.1 Å². The van der Waals surface area contributed by atoms with E-state index in [1.807, 2.05) is 0 Å². The Morgan fingerprint density at radius 3 is 2.83 bits per heavy atom. The number of rotatable bonds is 4. The molecular weight excluding hydrogens is 222 g/mol. The number of hydrogen-bond donors (Lipinski definition) is 2. The molecule has 1 aliphatic carbocycles. The van der Waals surface area contributed by atoms with Crippen molar-refractivity contribution in [3.05, 3.63) is 35.5 Å². The summed E-state index contributed by atoms with van der Waals surface area (Å²) in [6, 6.07) is 9.50. The third-order valence-corrected chi connectivity index (χ3v) is 4.12. The first-order valence-corrected chi connectivity index (χ1v) is 6.78. The summed E-state index contributed by atoms with van der Waals surface area (Å²) in [5, 5.41) is 4.93. The monoisotopic (exact) mass is 243 g/mol. The van der Waals surface area contributed by atoms with Crippen molar-refractivity contribution in [3.63, 3.8) is 0 Å². The number of hydrogen-bond acceptors (Lipinski definition) is 2. The first-order chi connectivity index (χ1) is 8.78. The molecule has 1 fully saturated rings. The van der Waals surface area contributed by atoms with E-state index >= 15 is 0 Å². The Morgan fingerprint density at radius 1 is 1.33 bits per heavy atom. The van der Waals surface area contributed by atoms with Crippen LogP contribution in [0.1, 0.15) is 30.5 Å². The molecular formula is C15H21N3. The Bertz CT molecular complexity index is 552. The second-order valence-corrected chi connectivity index (χ2v) is 5.30. The lowest BCUT2D eigenvalue weighted by molar-refractivity contribution is 0.336. The molecule has 0 spiro atoms. The molecule has 1 heterocycles. The Kier molecular flexibility index (Phi) is 3.10. The van der Waals surface area contributed by atoms with E-state index in [0.29, 0.717) is 6.54 Å². The quantitative estimate of drug-likeness (QED) is 0.865. The fourth-order valence-corrected chi connectivity index (χ4v) is 2.59. The van der Waals surface area contributed by atoms with Crippen LogP contribution in [0.4, 0.5) is 0 Å². The molecule has 3 N–H and O–H groups in total. The molecule has 0 saturated heterocycles. The highest BCUT2D eigenvalue weighted by atomic mass is 15.0. The van der Waals surface area contributed by atoms with E-state index in [-0.39, 0.29) is 0 Å². The summed E-state index contributed by atoms with van der Waals surface area (Å²) in [5.41, 5.74) is 9.53. The molecule has 1 aromatic heterocycles. The molecule has 1 saturated carbocycles. The third kappa shape index (κ3) is 2.04. The molecule has 1 aromatic carbocycles. The molecule has 1 aliphatic rings. The zero-order valence-corrected chi connectivity index (χ0v) is 10.9. The Hall–Kier alpha value is -1.32. The number of nitrogens with zero attached hydrogens (tertiary/aromatic N) is 1. The number of benzene rings is 1. The van der Waals surface area contributed by atoms with E-state index in [1.165, 1.54) is 41.4 Å².